The zero-order valence-corrected chi connectivity index (χ0v) is 17.3. The molecule has 164 valence electrons. The first-order valence-electron chi connectivity index (χ1n) is 9.43. The summed E-state index contributed by atoms with van der Waals surface area (Å²) < 4.78 is 49.4. The predicted molar refractivity (Wildman–Crippen MR) is 107 cm³/mol. The fraction of sp³-hybridized carbons (Fsp3) is 0.286. The summed E-state index contributed by atoms with van der Waals surface area (Å²) in [6, 6.07) is 11.4. The van der Waals surface area contributed by atoms with Crippen LogP contribution in [-0.2, 0) is 17.5 Å². The summed E-state index contributed by atoms with van der Waals surface area (Å²) in [4.78, 5) is 14.0. The van der Waals surface area contributed by atoms with E-state index in [-0.39, 0.29) is 24.1 Å². The van der Waals surface area contributed by atoms with Crippen molar-refractivity contribution in [2.24, 2.45) is 0 Å². The van der Waals surface area contributed by atoms with Crippen LogP contribution in [0.3, 0.4) is 0 Å². The molecule has 0 unspecified atom stereocenters. The van der Waals surface area contributed by atoms with Crippen molar-refractivity contribution in [3.63, 3.8) is 0 Å². The lowest BCUT2D eigenvalue weighted by atomic mass is 10.2. The molecule has 3 rings (SSSR count). The van der Waals surface area contributed by atoms with Gasteiger partial charge in [-0.25, -0.2) is 0 Å². The third-order valence-corrected chi connectivity index (χ3v) is 4.60. The van der Waals surface area contributed by atoms with Gasteiger partial charge < -0.3 is 14.1 Å². The Balaban J connectivity index is 1.66. The molecule has 0 fully saturated rings. The number of benzene rings is 2. The van der Waals surface area contributed by atoms with Gasteiger partial charge in [0.25, 0.3) is 5.91 Å². The van der Waals surface area contributed by atoms with E-state index in [1.165, 1.54) is 17.0 Å². The second-order valence-corrected chi connectivity index (χ2v) is 7.02. The van der Waals surface area contributed by atoms with Gasteiger partial charge in [0, 0.05) is 6.54 Å². The largest absolute Gasteiger partial charge is 0.484 e. The molecule has 0 aliphatic carbocycles. The second-order valence-electron chi connectivity index (χ2n) is 6.61. The summed E-state index contributed by atoms with van der Waals surface area (Å²) in [6.45, 7) is 1.88. The van der Waals surface area contributed by atoms with Crippen LogP contribution in [-0.4, -0.2) is 34.2 Å². The Bertz CT molecular complexity index is 1040. The molecule has 0 atom stereocenters. The fourth-order valence-electron chi connectivity index (χ4n) is 2.78. The molecule has 31 heavy (non-hydrogen) atoms. The van der Waals surface area contributed by atoms with E-state index in [2.05, 4.69) is 10.2 Å². The van der Waals surface area contributed by atoms with Crippen molar-refractivity contribution in [1.29, 1.82) is 0 Å². The first-order valence-corrected chi connectivity index (χ1v) is 9.81. The van der Waals surface area contributed by atoms with Crippen molar-refractivity contribution in [1.82, 2.24) is 15.1 Å². The number of alkyl halides is 3. The lowest BCUT2D eigenvalue weighted by Crippen LogP contribution is -2.35. The van der Waals surface area contributed by atoms with Crippen LogP contribution < -0.4 is 4.74 Å². The highest BCUT2D eigenvalue weighted by atomic mass is 35.5. The minimum atomic E-state index is -4.49. The number of hydrogen-bond donors (Lipinski definition) is 0. The number of hydrogen-bond acceptors (Lipinski definition) is 5. The van der Waals surface area contributed by atoms with E-state index in [1.807, 2.05) is 6.92 Å². The molecule has 0 aliphatic rings. The number of ether oxygens (including phenoxy) is 1. The summed E-state index contributed by atoms with van der Waals surface area (Å²) in [7, 11) is 0. The minimum absolute atomic E-state index is 0.0378. The summed E-state index contributed by atoms with van der Waals surface area (Å²) in [5.74, 6) is -0.0318. The maximum atomic E-state index is 12.8. The van der Waals surface area contributed by atoms with E-state index < -0.39 is 24.3 Å². The average molecular weight is 454 g/mol. The Labute approximate surface area is 181 Å². The number of aromatic nitrogens is 2. The van der Waals surface area contributed by atoms with Gasteiger partial charge in [-0.15, -0.1) is 10.2 Å². The van der Waals surface area contributed by atoms with Crippen molar-refractivity contribution in [2.75, 3.05) is 13.2 Å². The van der Waals surface area contributed by atoms with Crippen molar-refractivity contribution in [3.05, 3.63) is 65.0 Å². The van der Waals surface area contributed by atoms with Crippen LogP contribution in [0.1, 0.15) is 24.8 Å². The summed E-state index contributed by atoms with van der Waals surface area (Å²) in [6.07, 6.45) is -3.84. The van der Waals surface area contributed by atoms with Gasteiger partial charge in [0.2, 0.25) is 11.8 Å². The Morgan fingerprint density at radius 2 is 1.94 bits per heavy atom. The van der Waals surface area contributed by atoms with Gasteiger partial charge >= 0.3 is 6.18 Å². The molecule has 1 heterocycles. The minimum Gasteiger partial charge on any atom is -0.484 e. The van der Waals surface area contributed by atoms with Crippen molar-refractivity contribution in [2.45, 2.75) is 26.1 Å². The predicted octanol–water partition coefficient (Wildman–Crippen LogP) is 5.23. The molecular weight excluding hydrogens is 435 g/mol. The number of carbonyl (C=O) groups is 1. The highest BCUT2D eigenvalue weighted by Gasteiger charge is 2.30. The van der Waals surface area contributed by atoms with E-state index in [0.29, 0.717) is 23.6 Å². The first-order chi connectivity index (χ1) is 14.8. The summed E-state index contributed by atoms with van der Waals surface area (Å²) >= 11 is 6.13. The van der Waals surface area contributed by atoms with Crippen LogP contribution in [0.2, 0.25) is 5.02 Å². The number of carbonyl (C=O) groups excluding carboxylic acids is 1. The van der Waals surface area contributed by atoms with Crippen LogP contribution >= 0.6 is 11.6 Å². The number of nitrogens with zero attached hydrogens (tertiary/aromatic N) is 3. The second kappa shape index (κ2) is 9.82. The molecule has 2 aromatic carbocycles. The molecule has 0 spiro atoms. The Morgan fingerprint density at radius 3 is 2.65 bits per heavy atom. The first kappa shape index (κ1) is 22.6. The van der Waals surface area contributed by atoms with E-state index in [9.17, 15) is 18.0 Å². The van der Waals surface area contributed by atoms with Crippen molar-refractivity contribution < 1.29 is 27.1 Å². The van der Waals surface area contributed by atoms with E-state index in [1.54, 1.807) is 24.3 Å². The Kier molecular flexibility index (Phi) is 7.17. The zero-order valence-electron chi connectivity index (χ0n) is 16.5. The van der Waals surface area contributed by atoms with E-state index in [0.717, 1.165) is 12.1 Å². The molecule has 0 bridgehead atoms. The van der Waals surface area contributed by atoms with Crippen LogP contribution in [0.15, 0.2) is 52.9 Å². The smallest absolute Gasteiger partial charge is 0.416 e. The summed E-state index contributed by atoms with van der Waals surface area (Å²) in [5, 5.41) is 8.38. The van der Waals surface area contributed by atoms with E-state index >= 15 is 0 Å². The van der Waals surface area contributed by atoms with E-state index in [4.69, 9.17) is 20.8 Å². The topological polar surface area (TPSA) is 68.5 Å². The molecule has 3 aromatic rings. The molecular formula is C21H19ClF3N3O3. The van der Waals surface area contributed by atoms with Crippen molar-refractivity contribution in [3.8, 4) is 17.2 Å². The molecule has 0 aliphatic heterocycles. The highest BCUT2D eigenvalue weighted by Crippen LogP contribution is 2.31. The molecule has 0 saturated carbocycles. The van der Waals surface area contributed by atoms with Gasteiger partial charge in [-0.1, -0.05) is 36.7 Å². The fourth-order valence-corrected chi connectivity index (χ4v) is 3.00. The molecule has 1 aromatic heterocycles. The van der Waals surface area contributed by atoms with Gasteiger partial charge in [0.05, 0.1) is 22.7 Å². The molecule has 0 radical (unpaired) electrons. The number of rotatable bonds is 8. The quantitative estimate of drug-likeness (QED) is 0.467. The normalized spacial score (nSPS) is 11.4. The van der Waals surface area contributed by atoms with Gasteiger partial charge in [0.15, 0.2) is 6.61 Å². The van der Waals surface area contributed by atoms with Crippen molar-refractivity contribution >= 4 is 17.5 Å². The van der Waals surface area contributed by atoms with Gasteiger partial charge in [-0.2, -0.15) is 13.2 Å². The third-order valence-electron chi connectivity index (χ3n) is 4.27. The number of amides is 1. The maximum absolute atomic E-state index is 12.8. The van der Waals surface area contributed by atoms with Crippen LogP contribution in [0.5, 0.6) is 5.75 Å². The monoisotopic (exact) mass is 453 g/mol. The lowest BCUT2D eigenvalue weighted by molar-refractivity contribution is -0.137. The molecule has 0 saturated heterocycles. The van der Waals surface area contributed by atoms with Gasteiger partial charge in [-0.05, 0) is 36.8 Å². The van der Waals surface area contributed by atoms with Crippen LogP contribution in [0.4, 0.5) is 13.2 Å². The average Bonchev–Trinajstić information content (AvgIpc) is 3.20. The Hall–Kier alpha value is -3.07. The van der Waals surface area contributed by atoms with Gasteiger partial charge in [-0.3, -0.25) is 4.79 Å². The van der Waals surface area contributed by atoms with Gasteiger partial charge in [0.1, 0.15) is 5.75 Å². The molecule has 10 heteroatoms. The molecule has 6 nitrogen and oxygen atoms in total. The molecule has 0 N–H and O–H groups in total. The maximum Gasteiger partial charge on any atom is 0.416 e. The van der Waals surface area contributed by atoms with Crippen LogP contribution in [0, 0.1) is 0 Å². The highest BCUT2D eigenvalue weighted by molar-refractivity contribution is 6.33. The molecule has 1 amide bonds. The lowest BCUT2D eigenvalue weighted by Gasteiger charge is -2.20. The van der Waals surface area contributed by atoms with Crippen LogP contribution in [0.25, 0.3) is 11.5 Å². The zero-order chi connectivity index (χ0) is 22.4. The number of halogens is 4. The standard InChI is InChI=1S/C21H19ClF3N3O3/c1-2-10-28(12-18-26-27-20(31-18)16-8-3-4-9-17(16)22)19(29)13-30-15-7-5-6-14(11-15)21(23,24)25/h3-9,11H,2,10,12-13H2,1H3. The third kappa shape index (κ3) is 5.97. The SMILES string of the molecule is CCCN(Cc1nnc(-c2ccccc2Cl)o1)C(=O)COc1cccc(C(F)(F)F)c1. The summed E-state index contributed by atoms with van der Waals surface area (Å²) in [5.41, 5.74) is -0.273. The Morgan fingerprint density at radius 1 is 1.16 bits per heavy atom.